The second-order valence-corrected chi connectivity index (χ2v) is 6.35. The molecule has 0 fully saturated rings. The Kier molecular flexibility index (Phi) is 3.80. The van der Waals surface area contributed by atoms with Gasteiger partial charge in [-0.15, -0.1) is 0 Å². The summed E-state index contributed by atoms with van der Waals surface area (Å²) in [5.74, 6) is -0.176. The first-order chi connectivity index (χ1) is 12.5. The van der Waals surface area contributed by atoms with Gasteiger partial charge in [-0.2, -0.15) is 5.10 Å². The van der Waals surface area contributed by atoms with Crippen LogP contribution in [0.3, 0.4) is 0 Å². The average Bonchev–Trinajstić information content (AvgIpc) is 3.22. The van der Waals surface area contributed by atoms with Crippen molar-refractivity contribution in [3.8, 4) is 11.3 Å². The second kappa shape index (κ2) is 6.15. The largest absolute Gasteiger partial charge is 0.349 e. The summed E-state index contributed by atoms with van der Waals surface area (Å²) in [6.45, 7) is 1.98. The van der Waals surface area contributed by atoms with Crippen LogP contribution in [0.15, 0.2) is 54.9 Å². The molecule has 4 rings (SSSR count). The van der Waals surface area contributed by atoms with Crippen molar-refractivity contribution in [2.24, 2.45) is 14.1 Å². The van der Waals surface area contributed by atoms with Gasteiger partial charge >= 0.3 is 0 Å². The van der Waals surface area contributed by atoms with Crippen LogP contribution in [0.25, 0.3) is 22.3 Å². The van der Waals surface area contributed by atoms with Crippen LogP contribution in [-0.2, 0) is 14.1 Å². The molecule has 0 aliphatic carbocycles. The van der Waals surface area contributed by atoms with E-state index in [0.717, 1.165) is 33.5 Å². The number of rotatable bonds is 3. The van der Waals surface area contributed by atoms with E-state index in [9.17, 15) is 4.79 Å². The molecular formula is C20H19N5O. The molecule has 4 aromatic rings. The number of aromatic nitrogens is 4. The van der Waals surface area contributed by atoms with Crippen LogP contribution < -0.4 is 5.32 Å². The lowest BCUT2D eigenvalue weighted by Crippen LogP contribution is -2.16. The molecule has 0 aliphatic heterocycles. The van der Waals surface area contributed by atoms with E-state index in [-0.39, 0.29) is 5.91 Å². The molecule has 0 saturated carbocycles. The lowest BCUT2D eigenvalue weighted by molar-refractivity contribution is 0.101. The smallest absolute Gasteiger partial charge is 0.273 e. The zero-order valence-corrected chi connectivity index (χ0v) is 14.9. The highest BCUT2D eigenvalue weighted by Crippen LogP contribution is 2.26. The molecule has 0 aliphatic rings. The maximum absolute atomic E-state index is 12.4. The summed E-state index contributed by atoms with van der Waals surface area (Å²) >= 11 is 0. The van der Waals surface area contributed by atoms with Gasteiger partial charge in [-0.1, -0.05) is 6.07 Å². The molecule has 0 spiro atoms. The summed E-state index contributed by atoms with van der Waals surface area (Å²) in [5.41, 5.74) is 6.28. The Balaban J connectivity index is 1.62. The van der Waals surface area contributed by atoms with Crippen LogP contribution in [0.1, 0.15) is 16.1 Å². The van der Waals surface area contributed by atoms with Gasteiger partial charge in [0.2, 0.25) is 0 Å². The van der Waals surface area contributed by atoms with E-state index in [2.05, 4.69) is 21.0 Å². The molecule has 6 heteroatoms. The number of pyridine rings is 1. The molecule has 0 bridgehead atoms. The van der Waals surface area contributed by atoms with Gasteiger partial charge in [0, 0.05) is 37.7 Å². The fourth-order valence-corrected chi connectivity index (χ4v) is 3.06. The highest BCUT2D eigenvalue weighted by atomic mass is 16.2. The first-order valence-electron chi connectivity index (χ1n) is 8.35. The molecule has 3 heterocycles. The maximum atomic E-state index is 12.4. The van der Waals surface area contributed by atoms with Crippen LogP contribution >= 0.6 is 0 Å². The molecule has 1 aromatic carbocycles. The highest BCUT2D eigenvalue weighted by Gasteiger charge is 2.12. The minimum Gasteiger partial charge on any atom is -0.349 e. The molecule has 1 amide bonds. The van der Waals surface area contributed by atoms with Crippen LogP contribution in [0.4, 0.5) is 5.69 Å². The van der Waals surface area contributed by atoms with E-state index in [1.54, 1.807) is 24.0 Å². The minimum absolute atomic E-state index is 0.176. The van der Waals surface area contributed by atoms with Gasteiger partial charge in [0.25, 0.3) is 5.91 Å². The van der Waals surface area contributed by atoms with Crippen molar-refractivity contribution in [2.75, 3.05) is 5.32 Å². The standard InChI is InChI=1S/C20H19N5O/c1-13-12-14(16-6-7-18-17(22-16)9-11-24(18)2)4-5-15(13)23-20(26)19-8-10-21-25(19)3/h4-12H,1-3H3,(H,23,26). The van der Waals surface area contributed by atoms with E-state index in [0.29, 0.717) is 5.69 Å². The summed E-state index contributed by atoms with van der Waals surface area (Å²) in [7, 11) is 3.75. The van der Waals surface area contributed by atoms with E-state index in [4.69, 9.17) is 4.98 Å². The second-order valence-electron chi connectivity index (χ2n) is 6.35. The van der Waals surface area contributed by atoms with Crippen LogP contribution in [0.5, 0.6) is 0 Å². The van der Waals surface area contributed by atoms with Crippen LogP contribution in [0.2, 0.25) is 0 Å². The monoisotopic (exact) mass is 345 g/mol. The molecule has 26 heavy (non-hydrogen) atoms. The van der Waals surface area contributed by atoms with Gasteiger partial charge in [0.15, 0.2) is 0 Å². The molecule has 0 radical (unpaired) electrons. The highest BCUT2D eigenvalue weighted by molar-refractivity contribution is 6.03. The number of anilines is 1. The quantitative estimate of drug-likeness (QED) is 0.618. The third kappa shape index (κ3) is 2.75. The van der Waals surface area contributed by atoms with Crippen molar-refractivity contribution in [1.29, 1.82) is 0 Å². The van der Waals surface area contributed by atoms with Gasteiger partial charge in [0.1, 0.15) is 5.69 Å². The Morgan fingerprint density at radius 2 is 1.92 bits per heavy atom. The van der Waals surface area contributed by atoms with E-state index >= 15 is 0 Å². The van der Waals surface area contributed by atoms with Gasteiger partial charge in [-0.05, 0) is 48.9 Å². The van der Waals surface area contributed by atoms with E-state index in [1.165, 1.54) is 0 Å². The van der Waals surface area contributed by atoms with Crippen molar-refractivity contribution >= 4 is 22.6 Å². The summed E-state index contributed by atoms with van der Waals surface area (Å²) in [6.07, 6.45) is 3.61. The SMILES string of the molecule is Cc1cc(-c2ccc3c(ccn3C)n2)ccc1NC(=O)c1ccnn1C. The van der Waals surface area contributed by atoms with Gasteiger partial charge in [-0.3, -0.25) is 9.48 Å². The Morgan fingerprint density at radius 3 is 2.65 bits per heavy atom. The number of carbonyl (C=O) groups is 1. The van der Waals surface area contributed by atoms with Gasteiger partial charge in [0.05, 0.1) is 16.7 Å². The number of nitrogens with zero attached hydrogens (tertiary/aromatic N) is 4. The number of aryl methyl sites for hydroxylation is 3. The van der Waals surface area contributed by atoms with Crippen molar-refractivity contribution in [3.63, 3.8) is 0 Å². The Labute approximate surface area is 151 Å². The first-order valence-corrected chi connectivity index (χ1v) is 8.35. The average molecular weight is 345 g/mol. The van der Waals surface area contributed by atoms with E-state index in [1.807, 2.05) is 50.5 Å². The minimum atomic E-state index is -0.176. The van der Waals surface area contributed by atoms with Crippen LogP contribution in [0, 0.1) is 6.92 Å². The molecular weight excluding hydrogens is 326 g/mol. The molecule has 6 nitrogen and oxygen atoms in total. The third-order valence-electron chi connectivity index (χ3n) is 4.56. The lowest BCUT2D eigenvalue weighted by atomic mass is 10.1. The zero-order chi connectivity index (χ0) is 18.3. The fraction of sp³-hybridized carbons (Fsp3) is 0.150. The maximum Gasteiger partial charge on any atom is 0.273 e. The first kappa shape index (κ1) is 16.1. The Hall–Kier alpha value is -3.41. The summed E-state index contributed by atoms with van der Waals surface area (Å²) in [4.78, 5) is 17.1. The number of fused-ring (bicyclic) bond motifs is 1. The number of nitrogens with one attached hydrogen (secondary N) is 1. The third-order valence-corrected chi connectivity index (χ3v) is 4.56. The fourth-order valence-electron chi connectivity index (χ4n) is 3.06. The van der Waals surface area contributed by atoms with Crippen molar-refractivity contribution in [1.82, 2.24) is 19.3 Å². The van der Waals surface area contributed by atoms with Crippen LogP contribution in [-0.4, -0.2) is 25.2 Å². The molecule has 3 aromatic heterocycles. The van der Waals surface area contributed by atoms with Crippen molar-refractivity contribution in [3.05, 3.63) is 66.1 Å². The number of benzene rings is 1. The summed E-state index contributed by atoms with van der Waals surface area (Å²) < 4.78 is 3.60. The predicted molar refractivity (Wildman–Crippen MR) is 102 cm³/mol. The summed E-state index contributed by atoms with van der Waals surface area (Å²) in [5, 5.41) is 6.97. The number of amides is 1. The normalized spacial score (nSPS) is 11.0. The van der Waals surface area contributed by atoms with Crippen molar-refractivity contribution < 1.29 is 4.79 Å². The topological polar surface area (TPSA) is 64.7 Å². The van der Waals surface area contributed by atoms with E-state index < -0.39 is 0 Å². The molecule has 0 atom stereocenters. The number of hydrogen-bond acceptors (Lipinski definition) is 3. The molecule has 0 unspecified atom stereocenters. The number of carbonyl (C=O) groups excluding carboxylic acids is 1. The predicted octanol–water partition coefficient (Wildman–Crippen LogP) is 3.53. The lowest BCUT2D eigenvalue weighted by Gasteiger charge is -2.10. The zero-order valence-electron chi connectivity index (χ0n) is 14.9. The van der Waals surface area contributed by atoms with Gasteiger partial charge < -0.3 is 9.88 Å². The Bertz CT molecular complexity index is 1120. The molecule has 0 saturated heterocycles. The number of hydrogen-bond donors (Lipinski definition) is 1. The van der Waals surface area contributed by atoms with Gasteiger partial charge in [-0.25, -0.2) is 4.98 Å². The van der Waals surface area contributed by atoms with Crippen molar-refractivity contribution in [2.45, 2.75) is 6.92 Å². The Morgan fingerprint density at radius 1 is 1.08 bits per heavy atom. The molecule has 1 N–H and O–H groups in total. The molecule has 130 valence electrons. The summed E-state index contributed by atoms with van der Waals surface area (Å²) in [6, 6.07) is 13.7.